The first-order valence-corrected chi connectivity index (χ1v) is 7.70. The molecular weight excluding hydrogens is 319 g/mol. The molecule has 0 saturated heterocycles. The number of nitrogens with zero attached hydrogens (tertiary/aromatic N) is 5. The van der Waals surface area contributed by atoms with Gasteiger partial charge in [-0.1, -0.05) is 12.1 Å². The minimum Gasteiger partial charge on any atom is -0.274 e. The number of rotatable bonds is 2. The third-order valence-corrected chi connectivity index (χ3v) is 4.04. The minimum atomic E-state index is -0.277. The third-order valence-electron chi connectivity index (χ3n) is 4.04. The van der Waals surface area contributed by atoms with Gasteiger partial charge in [-0.15, -0.1) is 5.10 Å². The van der Waals surface area contributed by atoms with Crippen LogP contribution in [0.5, 0.6) is 0 Å². The lowest BCUT2D eigenvalue weighted by atomic mass is 10.1. The lowest BCUT2D eigenvalue weighted by Crippen LogP contribution is -1.90. The first-order valence-electron chi connectivity index (χ1n) is 7.70. The van der Waals surface area contributed by atoms with Crippen molar-refractivity contribution in [1.29, 1.82) is 0 Å². The fourth-order valence-electron chi connectivity index (χ4n) is 2.80. The molecule has 5 rings (SSSR count). The molecule has 25 heavy (non-hydrogen) atoms. The summed E-state index contributed by atoms with van der Waals surface area (Å²) in [5.74, 6) is 0.250. The zero-order valence-electron chi connectivity index (χ0n) is 12.9. The summed E-state index contributed by atoms with van der Waals surface area (Å²) < 4.78 is 14.7. The van der Waals surface area contributed by atoms with E-state index in [0.717, 1.165) is 22.1 Å². The number of hydrogen-bond donors (Lipinski definition) is 1. The molecule has 0 aliphatic rings. The smallest absolute Gasteiger partial charge is 0.200 e. The molecule has 0 bridgehead atoms. The van der Waals surface area contributed by atoms with E-state index in [1.54, 1.807) is 23.0 Å². The molecule has 0 saturated carbocycles. The fraction of sp³-hybridized carbons (Fsp3) is 0. The molecule has 0 amide bonds. The van der Waals surface area contributed by atoms with E-state index in [-0.39, 0.29) is 5.82 Å². The molecule has 0 atom stereocenters. The van der Waals surface area contributed by atoms with Gasteiger partial charge in [-0.05, 0) is 42.5 Å². The lowest BCUT2D eigenvalue weighted by Gasteiger charge is -1.96. The van der Waals surface area contributed by atoms with Crippen LogP contribution in [0.2, 0.25) is 0 Å². The SMILES string of the molecule is Fc1ccc(-c2cc(-c3nc4c5ccccc5ncn4n3)[nH]n2)cc1. The highest BCUT2D eigenvalue weighted by Crippen LogP contribution is 2.24. The molecule has 3 heterocycles. The Hall–Kier alpha value is -3.61. The van der Waals surface area contributed by atoms with Gasteiger partial charge in [0.05, 0.1) is 11.2 Å². The Morgan fingerprint density at radius 3 is 2.72 bits per heavy atom. The van der Waals surface area contributed by atoms with Crippen LogP contribution >= 0.6 is 0 Å². The van der Waals surface area contributed by atoms with Crippen molar-refractivity contribution in [3.05, 3.63) is 66.7 Å². The number of para-hydroxylation sites is 1. The first-order chi connectivity index (χ1) is 12.3. The number of aromatic nitrogens is 6. The summed E-state index contributed by atoms with van der Waals surface area (Å²) in [4.78, 5) is 8.99. The van der Waals surface area contributed by atoms with Crippen molar-refractivity contribution in [2.24, 2.45) is 0 Å². The van der Waals surface area contributed by atoms with Gasteiger partial charge in [-0.25, -0.2) is 18.9 Å². The van der Waals surface area contributed by atoms with E-state index in [1.165, 1.54) is 12.1 Å². The molecule has 0 aliphatic heterocycles. The van der Waals surface area contributed by atoms with Gasteiger partial charge in [0.25, 0.3) is 0 Å². The Morgan fingerprint density at radius 1 is 1.00 bits per heavy atom. The molecule has 7 heteroatoms. The first kappa shape index (κ1) is 13.8. The summed E-state index contributed by atoms with van der Waals surface area (Å²) >= 11 is 0. The lowest BCUT2D eigenvalue weighted by molar-refractivity contribution is 0.628. The Morgan fingerprint density at radius 2 is 1.84 bits per heavy atom. The predicted molar refractivity (Wildman–Crippen MR) is 91.3 cm³/mol. The highest BCUT2D eigenvalue weighted by Gasteiger charge is 2.13. The Kier molecular flexibility index (Phi) is 2.87. The summed E-state index contributed by atoms with van der Waals surface area (Å²) in [5.41, 5.74) is 3.81. The number of halogens is 1. The number of H-pyrrole nitrogens is 1. The second-order valence-electron chi connectivity index (χ2n) is 5.64. The maximum atomic E-state index is 13.1. The van der Waals surface area contributed by atoms with Crippen molar-refractivity contribution in [3.63, 3.8) is 0 Å². The van der Waals surface area contributed by atoms with E-state index >= 15 is 0 Å². The second-order valence-corrected chi connectivity index (χ2v) is 5.64. The predicted octanol–water partition coefficient (Wildman–Crippen LogP) is 3.47. The Labute approximate surface area is 141 Å². The highest BCUT2D eigenvalue weighted by atomic mass is 19.1. The molecule has 3 aromatic heterocycles. The number of fused-ring (bicyclic) bond motifs is 3. The van der Waals surface area contributed by atoms with Crippen LogP contribution in [0.25, 0.3) is 39.3 Å². The van der Waals surface area contributed by atoms with E-state index in [4.69, 9.17) is 0 Å². The van der Waals surface area contributed by atoms with Crippen LogP contribution in [0.1, 0.15) is 0 Å². The van der Waals surface area contributed by atoms with E-state index in [9.17, 15) is 4.39 Å². The van der Waals surface area contributed by atoms with Crippen molar-refractivity contribution < 1.29 is 4.39 Å². The zero-order valence-corrected chi connectivity index (χ0v) is 12.9. The normalized spacial score (nSPS) is 11.4. The largest absolute Gasteiger partial charge is 0.274 e. The maximum Gasteiger partial charge on any atom is 0.200 e. The summed E-state index contributed by atoms with van der Waals surface area (Å²) in [6.45, 7) is 0. The number of hydrogen-bond acceptors (Lipinski definition) is 4. The maximum absolute atomic E-state index is 13.1. The van der Waals surface area contributed by atoms with E-state index < -0.39 is 0 Å². The van der Waals surface area contributed by atoms with Gasteiger partial charge in [0.15, 0.2) is 11.5 Å². The van der Waals surface area contributed by atoms with Gasteiger partial charge >= 0.3 is 0 Å². The Bertz CT molecular complexity index is 1210. The molecular formula is C18H11FN6. The topological polar surface area (TPSA) is 71.8 Å². The van der Waals surface area contributed by atoms with Crippen LogP contribution in [0.15, 0.2) is 60.9 Å². The molecule has 0 fully saturated rings. The molecule has 0 unspecified atom stereocenters. The summed E-state index contributed by atoms with van der Waals surface area (Å²) in [6, 6.07) is 15.8. The molecule has 2 aromatic carbocycles. The van der Waals surface area contributed by atoms with Crippen LogP contribution in [-0.4, -0.2) is 29.8 Å². The quantitative estimate of drug-likeness (QED) is 0.538. The monoisotopic (exact) mass is 330 g/mol. The molecule has 0 radical (unpaired) electrons. The summed E-state index contributed by atoms with van der Waals surface area (Å²) in [5, 5.41) is 12.6. The van der Waals surface area contributed by atoms with Crippen molar-refractivity contribution in [2.45, 2.75) is 0 Å². The number of aromatic amines is 1. The molecule has 1 N–H and O–H groups in total. The molecule has 120 valence electrons. The number of nitrogens with one attached hydrogen (secondary N) is 1. The second kappa shape index (κ2) is 5.20. The van der Waals surface area contributed by atoms with Crippen molar-refractivity contribution in [3.8, 4) is 22.8 Å². The van der Waals surface area contributed by atoms with Gasteiger partial charge in [-0.2, -0.15) is 5.10 Å². The summed E-state index contributed by atoms with van der Waals surface area (Å²) in [6.07, 6.45) is 1.64. The number of benzene rings is 2. The summed E-state index contributed by atoms with van der Waals surface area (Å²) in [7, 11) is 0. The van der Waals surface area contributed by atoms with Crippen LogP contribution < -0.4 is 0 Å². The average Bonchev–Trinajstić information content (AvgIpc) is 3.29. The van der Waals surface area contributed by atoms with Crippen molar-refractivity contribution >= 4 is 16.6 Å². The zero-order chi connectivity index (χ0) is 16.8. The molecule has 0 spiro atoms. The van der Waals surface area contributed by atoms with Gasteiger partial charge in [0.2, 0.25) is 0 Å². The van der Waals surface area contributed by atoms with E-state index in [0.29, 0.717) is 17.2 Å². The minimum absolute atomic E-state index is 0.277. The molecule has 0 aliphatic carbocycles. The Balaban J connectivity index is 1.61. The van der Waals surface area contributed by atoms with Crippen LogP contribution in [0.4, 0.5) is 4.39 Å². The third kappa shape index (κ3) is 2.25. The average molecular weight is 330 g/mol. The van der Waals surface area contributed by atoms with Crippen molar-refractivity contribution in [1.82, 2.24) is 29.8 Å². The van der Waals surface area contributed by atoms with E-state index in [1.807, 2.05) is 30.3 Å². The van der Waals surface area contributed by atoms with Crippen LogP contribution in [0.3, 0.4) is 0 Å². The highest BCUT2D eigenvalue weighted by molar-refractivity contribution is 5.91. The standard InChI is InChI=1S/C18H11FN6/c19-12-7-5-11(6-8-12)15-9-16(23-22-15)17-21-18-13-3-1-2-4-14(13)20-10-25(18)24-17/h1-10H,(H,22,23). The van der Waals surface area contributed by atoms with Gasteiger partial charge in [-0.3, -0.25) is 5.10 Å². The van der Waals surface area contributed by atoms with Gasteiger partial charge in [0.1, 0.15) is 17.8 Å². The van der Waals surface area contributed by atoms with Gasteiger partial charge in [0, 0.05) is 10.9 Å². The molecule has 5 aromatic rings. The van der Waals surface area contributed by atoms with Crippen molar-refractivity contribution in [2.75, 3.05) is 0 Å². The van der Waals surface area contributed by atoms with Crippen LogP contribution in [0, 0.1) is 5.82 Å². The molecule has 6 nitrogen and oxygen atoms in total. The fourth-order valence-corrected chi connectivity index (χ4v) is 2.80. The van der Waals surface area contributed by atoms with Gasteiger partial charge < -0.3 is 0 Å². The van der Waals surface area contributed by atoms with E-state index in [2.05, 4.69) is 25.3 Å². The van der Waals surface area contributed by atoms with Crippen LogP contribution in [-0.2, 0) is 0 Å².